The molecule has 1 unspecified atom stereocenters. The first-order chi connectivity index (χ1) is 14.4. The summed E-state index contributed by atoms with van der Waals surface area (Å²) < 4.78 is 7.17. The summed E-state index contributed by atoms with van der Waals surface area (Å²) in [7, 11) is 0. The minimum atomic E-state index is -0.508. The van der Waals surface area contributed by atoms with Crippen LogP contribution in [-0.2, 0) is 4.79 Å². The third kappa shape index (κ3) is 2.74. The van der Waals surface area contributed by atoms with Gasteiger partial charge in [0, 0.05) is 29.5 Å². The van der Waals surface area contributed by atoms with Gasteiger partial charge < -0.3 is 9.73 Å². The third-order valence-corrected chi connectivity index (χ3v) is 5.31. The van der Waals surface area contributed by atoms with Gasteiger partial charge in [-0.3, -0.25) is 14.4 Å². The van der Waals surface area contributed by atoms with Gasteiger partial charge in [0.15, 0.2) is 11.2 Å². The molecule has 30 heavy (non-hydrogen) atoms. The molecule has 0 radical (unpaired) electrons. The highest BCUT2D eigenvalue weighted by molar-refractivity contribution is 5.95. The van der Waals surface area contributed by atoms with Gasteiger partial charge in [0.25, 0.3) is 5.56 Å². The van der Waals surface area contributed by atoms with Crippen molar-refractivity contribution in [2.45, 2.75) is 26.2 Å². The van der Waals surface area contributed by atoms with Gasteiger partial charge in [-0.15, -0.1) is 0 Å². The number of rotatable bonds is 2. The lowest BCUT2D eigenvalue weighted by Gasteiger charge is -2.23. The molecule has 0 saturated carbocycles. The molecule has 2 N–H and O–H groups in total. The monoisotopic (exact) mass is 403 g/mol. The molecule has 0 fully saturated rings. The number of anilines is 1. The molecule has 1 aromatic carbocycles. The Bertz CT molecular complexity index is 1430. The Labute approximate surface area is 169 Å². The van der Waals surface area contributed by atoms with Crippen LogP contribution in [0.4, 0.5) is 5.82 Å². The summed E-state index contributed by atoms with van der Waals surface area (Å²) in [4.78, 5) is 37.1. The molecule has 1 amide bonds. The minimum Gasteiger partial charge on any atom is -0.464 e. The Morgan fingerprint density at radius 3 is 2.73 bits per heavy atom. The number of H-pyrrole nitrogens is 1. The number of amides is 1. The van der Waals surface area contributed by atoms with E-state index < -0.39 is 5.92 Å². The van der Waals surface area contributed by atoms with Crippen molar-refractivity contribution in [2.75, 3.05) is 5.32 Å². The van der Waals surface area contributed by atoms with Crippen LogP contribution >= 0.6 is 0 Å². The van der Waals surface area contributed by atoms with Crippen molar-refractivity contribution >= 4 is 22.7 Å². The van der Waals surface area contributed by atoms with Crippen LogP contribution in [0.2, 0.25) is 0 Å². The number of aromatic nitrogens is 4. The number of carbonyl (C=O) groups is 1. The topological polar surface area (TPSA) is 123 Å². The van der Waals surface area contributed by atoms with Crippen LogP contribution in [-0.4, -0.2) is 25.9 Å². The molecule has 9 heteroatoms. The van der Waals surface area contributed by atoms with Crippen molar-refractivity contribution in [1.82, 2.24) is 20.0 Å². The lowest BCUT2D eigenvalue weighted by molar-refractivity contribution is -0.116. The number of hydrogen-bond donors (Lipinski definition) is 2. The summed E-state index contributed by atoms with van der Waals surface area (Å²) in [6.07, 6.45) is 1.53. The van der Waals surface area contributed by atoms with Gasteiger partial charge in [-0.05, 0) is 32.0 Å². The molecule has 9 nitrogen and oxygen atoms in total. The summed E-state index contributed by atoms with van der Waals surface area (Å²) in [5, 5.41) is 14.1. The van der Waals surface area contributed by atoms with Crippen LogP contribution in [0, 0.1) is 13.8 Å². The quantitative estimate of drug-likeness (QED) is 0.529. The number of fused-ring (bicyclic) bond motifs is 2. The van der Waals surface area contributed by atoms with Gasteiger partial charge in [0.1, 0.15) is 11.4 Å². The molecular formula is C21H17N5O4. The Balaban J connectivity index is 1.72. The maximum Gasteiger partial charge on any atom is 0.264 e. The van der Waals surface area contributed by atoms with Crippen LogP contribution < -0.4 is 16.3 Å². The van der Waals surface area contributed by atoms with Crippen molar-refractivity contribution in [2.24, 2.45) is 0 Å². The fraction of sp³-hybridized carbons (Fsp3) is 0.190. The predicted molar refractivity (Wildman–Crippen MR) is 109 cm³/mol. The summed E-state index contributed by atoms with van der Waals surface area (Å²) in [6.45, 7) is 3.71. The van der Waals surface area contributed by atoms with Crippen molar-refractivity contribution in [1.29, 1.82) is 0 Å². The van der Waals surface area contributed by atoms with Gasteiger partial charge >= 0.3 is 0 Å². The van der Waals surface area contributed by atoms with E-state index in [9.17, 15) is 14.4 Å². The van der Waals surface area contributed by atoms with Crippen molar-refractivity contribution in [3.8, 4) is 5.82 Å². The van der Waals surface area contributed by atoms with Gasteiger partial charge in [0.05, 0.1) is 17.3 Å². The molecule has 1 aliphatic heterocycles. The fourth-order valence-corrected chi connectivity index (χ4v) is 3.93. The number of hydrogen-bond acceptors (Lipinski definition) is 6. The first-order valence-electron chi connectivity index (χ1n) is 9.40. The van der Waals surface area contributed by atoms with Gasteiger partial charge in [-0.2, -0.15) is 14.9 Å². The van der Waals surface area contributed by atoms with E-state index in [1.807, 2.05) is 13.0 Å². The molecule has 1 aliphatic rings. The number of carbonyl (C=O) groups excluding carboxylic acids is 1. The van der Waals surface area contributed by atoms with E-state index in [-0.39, 0.29) is 23.3 Å². The van der Waals surface area contributed by atoms with Crippen molar-refractivity contribution in [3.05, 3.63) is 79.6 Å². The highest BCUT2D eigenvalue weighted by Gasteiger charge is 2.34. The number of aryl methyl sites for hydroxylation is 2. The zero-order valence-corrected chi connectivity index (χ0v) is 16.2. The van der Waals surface area contributed by atoms with E-state index in [0.29, 0.717) is 33.9 Å². The van der Waals surface area contributed by atoms with Crippen LogP contribution in [0.15, 0.2) is 50.6 Å². The lowest BCUT2D eigenvalue weighted by Crippen LogP contribution is -2.27. The molecule has 0 aliphatic carbocycles. The summed E-state index contributed by atoms with van der Waals surface area (Å²) in [5.41, 5.74) is 2.71. The van der Waals surface area contributed by atoms with Crippen molar-refractivity contribution in [3.63, 3.8) is 0 Å². The van der Waals surface area contributed by atoms with Crippen molar-refractivity contribution < 1.29 is 9.21 Å². The summed E-state index contributed by atoms with van der Waals surface area (Å²) in [5.74, 6) is 0.0198. The Kier molecular flexibility index (Phi) is 3.92. The first kappa shape index (κ1) is 18.0. The van der Waals surface area contributed by atoms with Crippen LogP contribution in [0.25, 0.3) is 16.8 Å². The zero-order valence-electron chi connectivity index (χ0n) is 16.2. The van der Waals surface area contributed by atoms with Crippen LogP contribution in [0.3, 0.4) is 0 Å². The average molecular weight is 403 g/mol. The summed E-state index contributed by atoms with van der Waals surface area (Å²) >= 11 is 0. The normalized spacial score (nSPS) is 15.8. The Hall–Kier alpha value is -4.01. The van der Waals surface area contributed by atoms with Crippen LogP contribution in [0.1, 0.15) is 34.7 Å². The van der Waals surface area contributed by atoms with Gasteiger partial charge in [-0.25, -0.2) is 5.10 Å². The molecule has 4 aromatic rings. The highest BCUT2D eigenvalue weighted by Crippen LogP contribution is 2.39. The lowest BCUT2D eigenvalue weighted by atomic mass is 9.86. The van der Waals surface area contributed by atoms with Crippen LogP contribution in [0.5, 0.6) is 0 Å². The van der Waals surface area contributed by atoms with Gasteiger partial charge in [0.2, 0.25) is 5.91 Å². The fourth-order valence-electron chi connectivity index (χ4n) is 3.93. The van der Waals surface area contributed by atoms with E-state index in [1.165, 1.54) is 23.1 Å². The van der Waals surface area contributed by atoms with E-state index in [0.717, 1.165) is 11.1 Å². The molecule has 0 bridgehead atoms. The van der Waals surface area contributed by atoms with Gasteiger partial charge in [-0.1, -0.05) is 11.6 Å². The standard InChI is InChI=1S/C21H17N5O4/c1-10-3-4-15-13(7-10)20(29)14(9-30-15)12-8-18(28)22-21-19(12)11(2)25-26(21)16-5-6-17(27)24-23-16/h3-7,9,12H,8H2,1-2H3,(H,22,28)(H,24,27). The average Bonchev–Trinajstić information content (AvgIpc) is 3.05. The number of nitrogens with zero attached hydrogens (tertiary/aromatic N) is 3. The smallest absolute Gasteiger partial charge is 0.264 e. The number of aromatic amines is 1. The van der Waals surface area contributed by atoms with E-state index in [1.54, 1.807) is 19.1 Å². The van der Waals surface area contributed by atoms with E-state index >= 15 is 0 Å². The molecule has 5 rings (SSSR count). The maximum absolute atomic E-state index is 13.3. The molecular weight excluding hydrogens is 386 g/mol. The molecule has 1 atom stereocenters. The van der Waals surface area contributed by atoms with E-state index in [4.69, 9.17) is 4.42 Å². The second-order valence-electron chi connectivity index (χ2n) is 7.36. The Morgan fingerprint density at radius 1 is 1.13 bits per heavy atom. The van der Waals surface area contributed by atoms with E-state index in [2.05, 4.69) is 20.6 Å². The zero-order chi connectivity index (χ0) is 21.0. The largest absolute Gasteiger partial charge is 0.464 e. The second kappa shape index (κ2) is 6.51. The Morgan fingerprint density at radius 2 is 1.97 bits per heavy atom. The minimum absolute atomic E-state index is 0.0979. The predicted octanol–water partition coefficient (Wildman–Crippen LogP) is 2.15. The maximum atomic E-state index is 13.3. The second-order valence-corrected chi connectivity index (χ2v) is 7.36. The number of nitrogens with one attached hydrogen (secondary N) is 2. The summed E-state index contributed by atoms with van der Waals surface area (Å²) in [6, 6.07) is 8.26. The molecule has 0 spiro atoms. The molecule has 4 heterocycles. The number of benzene rings is 1. The molecule has 3 aromatic heterocycles. The first-order valence-corrected chi connectivity index (χ1v) is 9.40. The highest BCUT2D eigenvalue weighted by atomic mass is 16.3. The molecule has 0 saturated heterocycles. The molecule has 150 valence electrons. The SMILES string of the molecule is Cc1ccc2occ(C3CC(=O)Nc4c3c(C)nn4-c3ccc(=O)[nH]n3)c(=O)c2c1. The third-order valence-electron chi connectivity index (χ3n) is 5.31.